The fourth-order valence-electron chi connectivity index (χ4n) is 0.550. The normalized spacial score (nSPS) is 8.00. The second-order valence-corrected chi connectivity index (χ2v) is 4.14. The highest BCUT2D eigenvalue weighted by atomic mass is 16.5. The summed E-state index contributed by atoms with van der Waals surface area (Å²) in [5, 5.41) is 0. The fraction of sp³-hybridized carbons (Fsp3) is 0.438. The fourth-order valence-corrected chi connectivity index (χ4v) is 0.550. The van der Waals surface area contributed by atoms with Gasteiger partial charge in [-0.1, -0.05) is 33.1 Å². The van der Waals surface area contributed by atoms with Crippen molar-refractivity contribution in [3.05, 3.63) is 37.0 Å². The molecule has 22 heavy (non-hydrogen) atoms. The van der Waals surface area contributed by atoms with Crippen molar-refractivity contribution in [1.82, 2.24) is 0 Å². The Kier molecular flexibility index (Phi) is 18.7. The van der Waals surface area contributed by atoms with Gasteiger partial charge >= 0.3 is 11.9 Å². The lowest BCUT2D eigenvalue weighted by molar-refractivity contribution is -0.138. The number of hydrogen-bond acceptors (Lipinski definition) is 5. The van der Waals surface area contributed by atoms with Crippen molar-refractivity contribution in [2.24, 2.45) is 5.73 Å². The number of hydrogen-bond donors (Lipinski definition) is 1. The molecule has 6 heteroatoms. The molecular formula is C16H27NO5. The Bertz CT molecular complexity index is 387. The molecule has 0 spiro atoms. The molecule has 0 saturated heterocycles. The van der Waals surface area contributed by atoms with E-state index >= 15 is 0 Å². The van der Waals surface area contributed by atoms with Gasteiger partial charge in [-0.25, -0.2) is 9.59 Å². The SMILES string of the molecule is C=C(C)C(=O)OC.C=C(C)C(N)=O.C=CC(=O)OCCCC. The quantitative estimate of drug-likeness (QED) is 0.461. The van der Waals surface area contributed by atoms with E-state index in [2.05, 4.69) is 29.2 Å². The largest absolute Gasteiger partial charge is 0.466 e. The molecular weight excluding hydrogens is 286 g/mol. The summed E-state index contributed by atoms with van der Waals surface area (Å²) >= 11 is 0. The molecule has 0 aromatic rings. The number of esters is 2. The minimum atomic E-state index is -0.435. The number of ether oxygens (including phenoxy) is 2. The zero-order valence-corrected chi connectivity index (χ0v) is 13.9. The van der Waals surface area contributed by atoms with Crippen LogP contribution in [-0.2, 0) is 23.9 Å². The maximum Gasteiger partial charge on any atom is 0.332 e. The third kappa shape index (κ3) is 22.8. The molecule has 0 aromatic carbocycles. The molecule has 0 saturated carbocycles. The first-order chi connectivity index (χ1) is 10.1. The third-order valence-corrected chi connectivity index (χ3v) is 1.86. The standard InChI is InChI=1S/C7H12O2.C5H8O2.C4H7NO/c1-3-5-6-9-7(8)4-2;1-4(2)5(6)7-3;1-3(2)4(5)6/h4H,2-3,5-6H2,1H3;1H2,2-3H3;1H2,2H3,(H2,5,6). The molecule has 0 rings (SSSR count). The van der Waals surface area contributed by atoms with E-state index < -0.39 is 5.91 Å². The highest BCUT2D eigenvalue weighted by Gasteiger charge is 1.95. The number of carbonyl (C=O) groups is 3. The lowest BCUT2D eigenvalue weighted by atomic mass is 10.3. The van der Waals surface area contributed by atoms with Gasteiger partial charge in [-0.2, -0.15) is 0 Å². The van der Waals surface area contributed by atoms with Crippen molar-refractivity contribution in [2.75, 3.05) is 13.7 Å². The van der Waals surface area contributed by atoms with Crippen LogP contribution in [0, 0.1) is 0 Å². The van der Waals surface area contributed by atoms with Crippen LogP contribution in [0.2, 0.25) is 0 Å². The van der Waals surface area contributed by atoms with Gasteiger partial charge in [0.1, 0.15) is 0 Å². The second kappa shape index (κ2) is 16.7. The average Bonchev–Trinajstić information content (AvgIpc) is 2.47. The number of nitrogens with two attached hydrogens (primary N) is 1. The Morgan fingerprint density at radius 1 is 1.14 bits per heavy atom. The number of methoxy groups -OCH3 is 1. The van der Waals surface area contributed by atoms with E-state index in [0.29, 0.717) is 17.8 Å². The Morgan fingerprint density at radius 2 is 1.59 bits per heavy atom. The molecule has 0 radical (unpaired) electrons. The van der Waals surface area contributed by atoms with Crippen LogP contribution in [0.1, 0.15) is 33.6 Å². The average molecular weight is 313 g/mol. The number of carbonyl (C=O) groups excluding carboxylic acids is 3. The Balaban J connectivity index is -0.000000252. The van der Waals surface area contributed by atoms with Crippen molar-refractivity contribution >= 4 is 17.8 Å². The predicted molar refractivity (Wildman–Crippen MR) is 86.9 cm³/mol. The number of unbranched alkanes of at least 4 members (excludes halogenated alkanes) is 1. The highest BCUT2D eigenvalue weighted by Crippen LogP contribution is 1.88. The van der Waals surface area contributed by atoms with E-state index in [4.69, 9.17) is 5.73 Å². The molecule has 0 fully saturated rings. The van der Waals surface area contributed by atoms with Crippen molar-refractivity contribution in [3.63, 3.8) is 0 Å². The van der Waals surface area contributed by atoms with E-state index in [0.717, 1.165) is 12.8 Å². The first-order valence-corrected chi connectivity index (χ1v) is 6.62. The zero-order chi connectivity index (χ0) is 18.1. The summed E-state index contributed by atoms with van der Waals surface area (Å²) in [7, 11) is 1.33. The van der Waals surface area contributed by atoms with E-state index in [9.17, 15) is 14.4 Å². The van der Waals surface area contributed by atoms with Crippen molar-refractivity contribution in [1.29, 1.82) is 0 Å². The number of primary amides is 1. The number of rotatable bonds is 6. The highest BCUT2D eigenvalue weighted by molar-refractivity contribution is 5.90. The summed E-state index contributed by atoms with van der Waals surface area (Å²) < 4.78 is 8.95. The van der Waals surface area contributed by atoms with Crippen molar-refractivity contribution in [3.8, 4) is 0 Å². The molecule has 0 atom stereocenters. The molecule has 0 heterocycles. The summed E-state index contributed by atoms with van der Waals surface area (Å²) in [4.78, 5) is 30.4. The molecule has 0 bridgehead atoms. The Hall–Kier alpha value is -2.37. The van der Waals surface area contributed by atoms with Crippen LogP contribution in [0.25, 0.3) is 0 Å². The maximum absolute atomic E-state index is 10.3. The van der Waals surface area contributed by atoms with Gasteiger partial charge in [0.2, 0.25) is 5.91 Å². The van der Waals surface area contributed by atoms with Gasteiger partial charge in [-0.15, -0.1) is 0 Å². The van der Waals surface area contributed by atoms with Crippen LogP contribution in [-0.4, -0.2) is 31.6 Å². The van der Waals surface area contributed by atoms with Crippen LogP contribution in [0.3, 0.4) is 0 Å². The van der Waals surface area contributed by atoms with E-state index in [-0.39, 0.29) is 11.9 Å². The first kappa shape index (κ1) is 24.6. The van der Waals surface area contributed by atoms with Gasteiger partial charge in [-0.3, -0.25) is 4.79 Å². The van der Waals surface area contributed by atoms with E-state index in [1.165, 1.54) is 13.2 Å². The molecule has 2 N–H and O–H groups in total. The monoisotopic (exact) mass is 313 g/mol. The first-order valence-electron chi connectivity index (χ1n) is 6.62. The molecule has 126 valence electrons. The summed E-state index contributed by atoms with van der Waals surface area (Å²) in [5.74, 6) is -1.11. The Morgan fingerprint density at radius 3 is 1.77 bits per heavy atom. The molecule has 0 aliphatic carbocycles. The minimum absolute atomic E-state index is 0.330. The van der Waals surface area contributed by atoms with Crippen molar-refractivity contribution in [2.45, 2.75) is 33.6 Å². The van der Waals surface area contributed by atoms with Gasteiger partial charge in [-0.05, 0) is 20.3 Å². The minimum Gasteiger partial charge on any atom is -0.466 e. The molecule has 0 aliphatic heterocycles. The molecule has 6 nitrogen and oxygen atoms in total. The predicted octanol–water partition coefficient (Wildman–Crippen LogP) is 2.30. The summed E-state index contributed by atoms with van der Waals surface area (Å²) in [6, 6.07) is 0. The Labute approximate surface area is 132 Å². The third-order valence-electron chi connectivity index (χ3n) is 1.86. The van der Waals surface area contributed by atoms with E-state index in [1.54, 1.807) is 13.8 Å². The molecule has 1 amide bonds. The molecule has 0 unspecified atom stereocenters. The number of amides is 1. The van der Waals surface area contributed by atoms with Gasteiger partial charge in [0.25, 0.3) is 0 Å². The van der Waals surface area contributed by atoms with Crippen LogP contribution >= 0.6 is 0 Å². The molecule has 0 aliphatic rings. The zero-order valence-electron chi connectivity index (χ0n) is 13.9. The van der Waals surface area contributed by atoms with Gasteiger partial charge < -0.3 is 15.2 Å². The van der Waals surface area contributed by atoms with Crippen LogP contribution < -0.4 is 5.73 Å². The molecule has 0 aromatic heterocycles. The summed E-state index contributed by atoms with van der Waals surface area (Å²) in [5.41, 5.74) is 5.53. The second-order valence-electron chi connectivity index (χ2n) is 4.14. The lowest BCUT2D eigenvalue weighted by Crippen LogP contribution is -2.10. The van der Waals surface area contributed by atoms with Crippen LogP contribution in [0.4, 0.5) is 0 Å². The van der Waals surface area contributed by atoms with Gasteiger partial charge in [0, 0.05) is 17.2 Å². The topological polar surface area (TPSA) is 95.7 Å². The van der Waals surface area contributed by atoms with Crippen LogP contribution in [0.5, 0.6) is 0 Å². The maximum atomic E-state index is 10.3. The van der Waals surface area contributed by atoms with Crippen LogP contribution in [0.15, 0.2) is 37.0 Å². The smallest absolute Gasteiger partial charge is 0.332 e. The van der Waals surface area contributed by atoms with E-state index in [1.807, 2.05) is 6.92 Å². The lowest BCUT2D eigenvalue weighted by Gasteiger charge is -1.97. The van der Waals surface area contributed by atoms with Gasteiger partial charge in [0.15, 0.2) is 0 Å². The summed E-state index contributed by atoms with van der Waals surface area (Å²) in [6.45, 7) is 15.6. The summed E-state index contributed by atoms with van der Waals surface area (Å²) in [6.07, 6.45) is 3.15. The van der Waals surface area contributed by atoms with Gasteiger partial charge in [0.05, 0.1) is 13.7 Å². The van der Waals surface area contributed by atoms with Crippen molar-refractivity contribution < 1.29 is 23.9 Å².